The smallest absolute Gasteiger partial charge is 0.255 e. The largest absolute Gasteiger partial charge is 0.493 e. The number of anilines is 1. The maximum absolute atomic E-state index is 12.6. The highest BCUT2D eigenvalue weighted by Crippen LogP contribution is 2.29. The molecule has 28 heavy (non-hydrogen) atoms. The van der Waals surface area contributed by atoms with E-state index < -0.39 is 0 Å². The van der Waals surface area contributed by atoms with Gasteiger partial charge >= 0.3 is 0 Å². The number of hydrogen-bond donors (Lipinski definition) is 1. The number of amides is 1. The van der Waals surface area contributed by atoms with Gasteiger partial charge in [0.2, 0.25) is 0 Å². The van der Waals surface area contributed by atoms with Crippen LogP contribution in [-0.4, -0.2) is 13.0 Å². The number of hydrogen-bond acceptors (Lipinski definition) is 3. The third kappa shape index (κ3) is 4.92. The Kier molecular flexibility index (Phi) is 6.33. The Morgan fingerprint density at radius 1 is 0.893 bits per heavy atom. The molecule has 0 aromatic heterocycles. The van der Waals surface area contributed by atoms with Crippen LogP contribution in [-0.2, 0) is 13.0 Å². The molecule has 144 valence electrons. The lowest BCUT2D eigenvalue weighted by Crippen LogP contribution is -2.12. The molecule has 0 aliphatic rings. The summed E-state index contributed by atoms with van der Waals surface area (Å²) in [4.78, 5) is 12.6. The van der Waals surface area contributed by atoms with Crippen molar-refractivity contribution in [2.75, 3.05) is 12.4 Å². The van der Waals surface area contributed by atoms with E-state index in [0.717, 1.165) is 17.7 Å². The number of benzene rings is 3. The normalized spacial score (nSPS) is 10.4. The SMILES string of the molecule is CCc1ccc(NC(=O)c2ccc(OCc3ccc(C)cc3)c(OC)c2)cc1. The van der Waals surface area contributed by atoms with Crippen LogP contribution in [0.4, 0.5) is 5.69 Å². The Hall–Kier alpha value is -3.27. The first-order chi connectivity index (χ1) is 13.6. The maximum Gasteiger partial charge on any atom is 0.255 e. The van der Waals surface area contributed by atoms with Gasteiger partial charge in [0.25, 0.3) is 5.91 Å². The Morgan fingerprint density at radius 3 is 2.21 bits per heavy atom. The quantitative estimate of drug-likeness (QED) is 0.602. The van der Waals surface area contributed by atoms with E-state index in [-0.39, 0.29) is 5.91 Å². The van der Waals surface area contributed by atoms with Crippen LogP contribution in [0.3, 0.4) is 0 Å². The van der Waals surface area contributed by atoms with Crippen molar-refractivity contribution in [3.05, 3.63) is 89.0 Å². The zero-order valence-electron chi connectivity index (χ0n) is 16.5. The molecular weight excluding hydrogens is 350 g/mol. The van der Waals surface area contributed by atoms with Gasteiger partial charge in [-0.1, -0.05) is 48.9 Å². The standard InChI is InChI=1S/C24H25NO3/c1-4-18-9-12-21(13-10-18)25-24(26)20-11-14-22(23(15-20)27-3)28-16-19-7-5-17(2)6-8-19/h5-15H,4,16H2,1-3H3,(H,25,26). The third-order valence-corrected chi connectivity index (χ3v) is 4.56. The van der Waals surface area contributed by atoms with Crippen molar-refractivity contribution >= 4 is 11.6 Å². The summed E-state index contributed by atoms with van der Waals surface area (Å²) in [6.45, 7) is 4.59. The third-order valence-electron chi connectivity index (χ3n) is 4.56. The summed E-state index contributed by atoms with van der Waals surface area (Å²) >= 11 is 0. The van der Waals surface area contributed by atoms with E-state index in [2.05, 4.69) is 31.3 Å². The first-order valence-electron chi connectivity index (χ1n) is 9.35. The van der Waals surface area contributed by atoms with Gasteiger partial charge in [0.1, 0.15) is 6.61 Å². The van der Waals surface area contributed by atoms with Gasteiger partial charge in [-0.05, 0) is 54.8 Å². The van der Waals surface area contributed by atoms with E-state index >= 15 is 0 Å². The molecule has 0 saturated carbocycles. The monoisotopic (exact) mass is 375 g/mol. The first kappa shape index (κ1) is 19.5. The molecule has 0 saturated heterocycles. The van der Waals surface area contributed by atoms with Crippen molar-refractivity contribution in [3.8, 4) is 11.5 Å². The molecule has 0 atom stereocenters. The van der Waals surface area contributed by atoms with Crippen LogP contribution in [0.15, 0.2) is 66.7 Å². The minimum atomic E-state index is -0.187. The Morgan fingerprint density at radius 2 is 1.57 bits per heavy atom. The van der Waals surface area contributed by atoms with Crippen molar-refractivity contribution < 1.29 is 14.3 Å². The molecule has 4 nitrogen and oxygen atoms in total. The molecule has 0 aliphatic heterocycles. The molecule has 1 N–H and O–H groups in total. The zero-order valence-corrected chi connectivity index (χ0v) is 16.5. The Bertz CT molecular complexity index is 931. The van der Waals surface area contributed by atoms with Crippen LogP contribution in [0.25, 0.3) is 0 Å². The molecule has 0 fully saturated rings. The van der Waals surface area contributed by atoms with Crippen molar-refractivity contribution in [2.24, 2.45) is 0 Å². The van der Waals surface area contributed by atoms with Crippen LogP contribution in [0.2, 0.25) is 0 Å². The molecule has 0 aliphatic carbocycles. The average Bonchev–Trinajstić information content (AvgIpc) is 2.73. The van der Waals surface area contributed by atoms with Crippen LogP contribution in [0, 0.1) is 6.92 Å². The maximum atomic E-state index is 12.6. The van der Waals surface area contributed by atoms with Crippen molar-refractivity contribution in [1.29, 1.82) is 0 Å². The van der Waals surface area contributed by atoms with Crippen molar-refractivity contribution in [1.82, 2.24) is 0 Å². The fourth-order valence-corrected chi connectivity index (χ4v) is 2.80. The molecule has 3 aromatic rings. The summed E-state index contributed by atoms with van der Waals surface area (Å²) in [6.07, 6.45) is 0.968. The molecule has 0 unspecified atom stereocenters. The molecule has 3 aromatic carbocycles. The molecule has 0 radical (unpaired) electrons. The lowest BCUT2D eigenvalue weighted by Gasteiger charge is -2.13. The summed E-state index contributed by atoms with van der Waals surface area (Å²) in [6, 6.07) is 21.2. The molecule has 4 heteroatoms. The van der Waals surface area contributed by atoms with E-state index in [1.165, 1.54) is 11.1 Å². The summed E-state index contributed by atoms with van der Waals surface area (Å²) in [5, 5.41) is 2.91. The van der Waals surface area contributed by atoms with Gasteiger partial charge in [-0.2, -0.15) is 0 Å². The minimum absolute atomic E-state index is 0.187. The van der Waals surface area contributed by atoms with Crippen LogP contribution >= 0.6 is 0 Å². The molecule has 0 bridgehead atoms. The molecular formula is C24H25NO3. The summed E-state index contributed by atoms with van der Waals surface area (Å²) in [5.74, 6) is 0.945. The number of methoxy groups -OCH3 is 1. The fourth-order valence-electron chi connectivity index (χ4n) is 2.80. The highest BCUT2D eigenvalue weighted by atomic mass is 16.5. The number of carbonyl (C=O) groups is 1. The summed E-state index contributed by atoms with van der Waals surface area (Å²) < 4.78 is 11.3. The van der Waals surface area contributed by atoms with E-state index in [0.29, 0.717) is 23.7 Å². The van der Waals surface area contributed by atoms with Gasteiger partial charge in [0.15, 0.2) is 11.5 Å². The second-order valence-corrected chi connectivity index (χ2v) is 6.64. The van der Waals surface area contributed by atoms with Crippen molar-refractivity contribution in [3.63, 3.8) is 0 Å². The summed E-state index contributed by atoms with van der Waals surface area (Å²) in [7, 11) is 1.57. The molecule has 0 heterocycles. The Balaban J connectivity index is 1.68. The number of carbonyl (C=O) groups excluding carboxylic acids is 1. The lowest BCUT2D eigenvalue weighted by atomic mass is 10.1. The van der Waals surface area contributed by atoms with E-state index in [4.69, 9.17) is 9.47 Å². The van der Waals surface area contributed by atoms with Gasteiger partial charge in [0.05, 0.1) is 7.11 Å². The Labute approximate surface area is 166 Å². The predicted octanol–water partition coefficient (Wildman–Crippen LogP) is 5.40. The summed E-state index contributed by atoms with van der Waals surface area (Å²) in [5.41, 5.74) is 4.79. The highest BCUT2D eigenvalue weighted by Gasteiger charge is 2.12. The molecule has 0 spiro atoms. The van der Waals surface area contributed by atoms with Crippen LogP contribution < -0.4 is 14.8 Å². The van der Waals surface area contributed by atoms with Crippen LogP contribution in [0.5, 0.6) is 11.5 Å². The van der Waals surface area contributed by atoms with E-state index in [1.54, 1.807) is 25.3 Å². The van der Waals surface area contributed by atoms with Gasteiger partial charge in [-0.3, -0.25) is 4.79 Å². The number of aryl methyl sites for hydroxylation is 2. The zero-order chi connectivity index (χ0) is 19.9. The van der Waals surface area contributed by atoms with E-state index in [1.807, 2.05) is 36.4 Å². The van der Waals surface area contributed by atoms with Crippen molar-refractivity contribution in [2.45, 2.75) is 26.9 Å². The minimum Gasteiger partial charge on any atom is -0.493 e. The van der Waals surface area contributed by atoms with Gasteiger partial charge in [-0.15, -0.1) is 0 Å². The topological polar surface area (TPSA) is 47.6 Å². The fraction of sp³-hybridized carbons (Fsp3) is 0.208. The number of rotatable bonds is 7. The van der Waals surface area contributed by atoms with Gasteiger partial charge < -0.3 is 14.8 Å². The van der Waals surface area contributed by atoms with Gasteiger partial charge in [0, 0.05) is 11.3 Å². The van der Waals surface area contributed by atoms with Gasteiger partial charge in [-0.25, -0.2) is 0 Å². The van der Waals surface area contributed by atoms with Crippen LogP contribution in [0.1, 0.15) is 34.0 Å². The first-order valence-corrected chi connectivity index (χ1v) is 9.35. The molecule has 3 rings (SSSR count). The predicted molar refractivity (Wildman–Crippen MR) is 112 cm³/mol. The van der Waals surface area contributed by atoms with E-state index in [9.17, 15) is 4.79 Å². The number of ether oxygens (including phenoxy) is 2. The average molecular weight is 375 g/mol. The molecule has 1 amide bonds. The lowest BCUT2D eigenvalue weighted by molar-refractivity contribution is 0.102. The highest BCUT2D eigenvalue weighted by molar-refractivity contribution is 6.04. The second-order valence-electron chi connectivity index (χ2n) is 6.64. The number of nitrogens with one attached hydrogen (secondary N) is 1. The second kappa shape index (κ2) is 9.09.